The van der Waals surface area contributed by atoms with Gasteiger partial charge in [-0.2, -0.15) is 13.2 Å². The molecule has 1 aromatic heterocycles. The first kappa shape index (κ1) is 21.5. The van der Waals surface area contributed by atoms with Crippen LogP contribution in [-0.4, -0.2) is 17.6 Å². The summed E-state index contributed by atoms with van der Waals surface area (Å²) in [5.74, 6) is -2.43. The van der Waals surface area contributed by atoms with Crippen molar-refractivity contribution in [3.8, 4) is 0 Å². The molecule has 0 fully saturated rings. The Morgan fingerprint density at radius 1 is 0.875 bits per heavy atom. The zero-order valence-electron chi connectivity index (χ0n) is 16.8. The average Bonchev–Trinajstić information content (AvgIpc) is 2.71. The van der Waals surface area contributed by atoms with Gasteiger partial charge < -0.3 is 9.88 Å². The van der Waals surface area contributed by atoms with Crippen molar-refractivity contribution in [2.45, 2.75) is 20.0 Å². The topological polar surface area (TPSA) is 56.4 Å². The van der Waals surface area contributed by atoms with Crippen molar-refractivity contribution in [2.75, 3.05) is 16.5 Å². The molecule has 2 heterocycles. The number of carbonyl (C=O) groups excluding carboxylic acids is 1. The summed E-state index contributed by atoms with van der Waals surface area (Å²) in [5.41, 5.74) is -0.983. The Kier molecular flexibility index (Phi) is 5.03. The van der Waals surface area contributed by atoms with Crippen LogP contribution in [0.3, 0.4) is 0 Å². The second kappa shape index (κ2) is 7.47. The molecule has 0 saturated heterocycles. The number of amides is 1. The van der Waals surface area contributed by atoms with Crippen LogP contribution in [-0.2, 0) is 6.18 Å². The molecule has 0 spiro atoms. The Bertz CT molecular complexity index is 1300. The van der Waals surface area contributed by atoms with Gasteiger partial charge in [0.25, 0.3) is 11.5 Å². The normalized spacial score (nSPS) is 14.0. The van der Waals surface area contributed by atoms with Crippen LogP contribution in [0.2, 0.25) is 0 Å². The predicted molar refractivity (Wildman–Crippen MR) is 108 cm³/mol. The number of aryl methyl sites for hydroxylation is 2. The third-order valence-electron chi connectivity index (χ3n) is 5.28. The molecule has 1 N–H and O–H groups in total. The Labute approximate surface area is 178 Å². The monoisotopic (exact) mass is 449 g/mol. The minimum Gasteiger partial charge on any atom is -0.322 e. The molecule has 1 aliphatic heterocycles. The lowest BCUT2D eigenvalue weighted by Gasteiger charge is -2.39. The second-order valence-corrected chi connectivity index (χ2v) is 7.42. The van der Waals surface area contributed by atoms with Gasteiger partial charge in [-0.15, -0.1) is 0 Å². The number of H-pyrrole nitrogens is 1. The molecule has 1 amide bonds. The zero-order valence-corrected chi connectivity index (χ0v) is 16.8. The molecule has 0 atom stereocenters. The number of rotatable bonds is 2. The summed E-state index contributed by atoms with van der Waals surface area (Å²) in [4.78, 5) is 29.7. The highest BCUT2D eigenvalue weighted by atomic mass is 19.4. The van der Waals surface area contributed by atoms with Crippen molar-refractivity contribution in [3.05, 3.63) is 86.8 Å². The fourth-order valence-electron chi connectivity index (χ4n) is 3.73. The molecule has 0 bridgehead atoms. The third-order valence-corrected chi connectivity index (χ3v) is 5.28. The van der Waals surface area contributed by atoms with Crippen LogP contribution in [0, 0.1) is 25.5 Å². The molecule has 5 nitrogen and oxygen atoms in total. The number of aromatic nitrogens is 1. The summed E-state index contributed by atoms with van der Waals surface area (Å²) in [6, 6.07) is 7.52. The summed E-state index contributed by atoms with van der Waals surface area (Å²) in [7, 11) is 0. The van der Waals surface area contributed by atoms with E-state index in [0.717, 1.165) is 23.1 Å². The van der Waals surface area contributed by atoms with Gasteiger partial charge in [0, 0.05) is 17.4 Å². The lowest BCUT2D eigenvalue weighted by Crippen LogP contribution is -2.46. The van der Waals surface area contributed by atoms with Gasteiger partial charge in [-0.25, -0.2) is 8.78 Å². The van der Waals surface area contributed by atoms with E-state index >= 15 is 0 Å². The Balaban J connectivity index is 1.94. The molecule has 166 valence electrons. The zero-order chi connectivity index (χ0) is 23.4. The first-order valence-electron chi connectivity index (χ1n) is 9.43. The number of aromatic amines is 1. The Morgan fingerprint density at radius 3 is 2.22 bits per heavy atom. The fourth-order valence-corrected chi connectivity index (χ4v) is 3.73. The van der Waals surface area contributed by atoms with E-state index in [1.54, 1.807) is 6.92 Å². The van der Waals surface area contributed by atoms with Crippen molar-refractivity contribution in [1.82, 2.24) is 4.98 Å². The van der Waals surface area contributed by atoms with E-state index in [1.807, 2.05) is 0 Å². The van der Waals surface area contributed by atoms with Crippen LogP contribution in [0.5, 0.6) is 0 Å². The fraction of sp³-hybridized carbons (Fsp3) is 0.182. The van der Waals surface area contributed by atoms with Gasteiger partial charge in [0.2, 0.25) is 0 Å². The standard InChI is InChI=1S/C22H16F5N3O2/c1-11-7-14(23)4-6-17(11)29-10-30(19-9-16(24)20(31)28-12(19)2)21(32)15-8-13(22(25,26)27)3-5-18(15)29/h3-9H,10H2,1-2H3,(H,28,31). The number of alkyl halides is 3. The van der Waals surface area contributed by atoms with Gasteiger partial charge in [0.15, 0.2) is 5.82 Å². The Morgan fingerprint density at radius 2 is 1.56 bits per heavy atom. The summed E-state index contributed by atoms with van der Waals surface area (Å²) in [6.07, 6.45) is -4.69. The van der Waals surface area contributed by atoms with Crippen LogP contribution in [0.15, 0.2) is 47.3 Å². The van der Waals surface area contributed by atoms with E-state index in [2.05, 4.69) is 4.98 Å². The Hall–Kier alpha value is -3.69. The van der Waals surface area contributed by atoms with Gasteiger partial charge in [-0.1, -0.05) is 0 Å². The number of halogens is 5. The largest absolute Gasteiger partial charge is 0.416 e. The quantitative estimate of drug-likeness (QED) is 0.558. The maximum atomic E-state index is 14.0. The SMILES string of the molecule is Cc1cc(F)ccc1N1CN(c2cc(F)c(=O)[nH]c2C)C(=O)c2cc(C(F)(F)F)ccc21. The van der Waals surface area contributed by atoms with Crippen molar-refractivity contribution in [3.63, 3.8) is 0 Å². The van der Waals surface area contributed by atoms with Crippen LogP contribution in [0.25, 0.3) is 0 Å². The van der Waals surface area contributed by atoms with Crippen LogP contribution < -0.4 is 15.4 Å². The number of anilines is 3. The lowest BCUT2D eigenvalue weighted by atomic mass is 10.0. The molecule has 4 rings (SSSR count). The molecule has 10 heteroatoms. The van der Waals surface area contributed by atoms with Gasteiger partial charge >= 0.3 is 6.18 Å². The van der Waals surface area contributed by atoms with E-state index in [-0.39, 0.29) is 29.3 Å². The van der Waals surface area contributed by atoms with Gasteiger partial charge in [-0.3, -0.25) is 14.5 Å². The van der Waals surface area contributed by atoms with Crippen molar-refractivity contribution < 1.29 is 26.7 Å². The number of pyridine rings is 1. The minimum absolute atomic E-state index is 0.0000681. The number of nitrogens with zero attached hydrogens (tertiary/aromatic N) is 2. The summed E-state index contributed by atoms with van der Waals surface area (Å²) in [5, 5.41) is 0. The first-order chi connectivity index (χ1) is 15.0. The van der Waals surface area contributed by atoms with Crippen LogP contribution in [0.4, 0.5) is 39.0 Å². The first-order valence-corrected chi connectivity index (χ1v) is 9.43. The van der Waals surface area contributed by atoms with E-state index in [1.165, 1.54) is 36.1 Å². The smallest absolute Gasteiger partial charge is 0.322 e. The molecule has 0 aliphatic carbocycles. The average molecular weight is 449 g/mol. The second-order valence-electron chi connectivity index (χ2n) is 7.42. The van der Waals surface area contributed by atoms with Gasteiger partial charge in [0.1, 0.15) is 12.5 Å². The van der Waals surface area contributed by atoms with Gasteiger partial charge in [0.05, 0.1) is 22.5 Å². The maximum Gasteiger partial charge on any atom is 0.416 e. The molecule has 0 saturated carbocycles. The maximum absolute atomic E-state index is 14.0. The lowest BCUT2D eigenvalue weighted by molar-refractivity contribution is -0.137. The molecule has 2 aromatic carbocycles. The van der Waals surface area contributed by atoms with E-state index < -0.39 is 34.8 Å². The van der Waals surface area contributed by atoms with Crippen molar-refractivity contribution in [2.24, 2.45) is 0 Å². The molecule has 3 aromatic rings. The predicted octanol–water partition coefficient (Wildman–Crippen LogP) is 5.04. The number of nitrogens with one attached hydrogen (secondary N) is 1. The third kappa shape index (κ3) is 3.61. The highest BCUT2D eigenvalue weighted by Gasteiger charge is 2.37. The number of fused-ring (bicyclic) bond motifs is 1. The number of hydrogen-bond donors (Lipinski definition) is 1. The molecule has 0 unspecified atom stereocenters. The number of hydrogen-bond acceptors (Lipinski definition) is 3. The van der Waals surface area contributed by atoms with Gasteiger partial charge in [-0.05, 0) is 55.8 Å². The molecular formula is C22H16F5N3O2. The number of carbonyl (C=O) groups is 1. The minimum atomic E-state index is -4.69. The molecule has 1 aliphatic rings. The van der Waals surface area contributed by atoms with Crippen LogP contribution in [0.1, 0.15) is 27.2 Å². The van der Waals surface area contributed by atoms with Crippen molar-refractivity contribution >= 4 is 23.0 Å². The van der Waals surface area contributed by atoms with E-state index in [9.17, 15) is 31.5 Å². The van der Waals surface area contributed by atoms with E-state index in [4.69, 9.17) is 0 Å². The molecule has 0 radical (unpaired) electrons. The highest BCUT2D eigenvalue weighted by molar-refractivity contribution is 6.13. The van der Waals surface area contributed by atoms with Crippen LogP contribution >= 0.6 is 0 Å². The van der Waals surface area contributed by atoms with E-state index in [0.29, 0.717) is 11.3 Å². The van der Waals surface area contributed by atoms with Crippen molar-refractivity contribution in [1.29, 1.82) is 0 Å². The number of benzene rings is 2. The molecule has 32 heavy (non-hydrogen) atoms. The summed E-state index contributed by atoms with van der Waals surface area (Å²) >= 11 is 0. The highest BCUT2D eigenvalue weighted by Crippen LogP contribution is 2.40. The summed E-state index contributed by atoms with van der Waals surface area (Å²) < 4.78 is 67.6. The summed E-state index contributed by atoms with van der Waals surface area (Å²) in [6.45, 7) is 2.86. The molecular weight excluding hydrogens is 433 g/mol.